The molecule has 194 valence electrons. The second-order valence-corrected chi connectivity index (χ2v) is 11.5. The van der Waals surface area contributed by atoms with Gasteiger partial charge in [0.05, 0.1) is 27.5 Å². The summed E-state index contributed by atoms with van der Waals surface area (Å²) < 4.78 is 27.6. The van der Waals surface area contributed by atoms with E-state index in [0.29, 0.717) is 22.0 Å². The molecule has 0 aliphatic rings. The molecule has 0 bridgehead atoms. The number of hydrogen-bond acceptors (Lipinski definition) is 3. The quantitative estimate of drug-likeness (QED) is 0.157. The summed E-state index contributed by atoms with van der Waals surface area (Å²) >= 11 is 18.4. The van der Waals surface area contributed by atoms with Gasteiger partial charge in [-0.2, -0.15) is 0 Å². The van der Waals surface area contributed by atoms with Crippen molar-refractivity contribution in [3.05, 3.63) is 134 Å². The SMILES string of the molecule is O=S(=O)(Cc1cccc(Cl)c1Cl)NCCC#Cc1cc(Cl)ccc1NC(c1ccccc1)c1ccccc1. The van der Waals surface area contributed by atoms with Gasteiger partial charge in [-0.05, 0) is 41.0 Å². The standard InChI is InChI=1S/C30H25Cl3N2O2S/c31-26-17-18-28(35-30(22-10-3-1-4-11-22)23-12-5-2-6-13-23)24(20-26)14-7-8-19-34-38(36,37)21-25-15-9-16-27(32)29(25)33/h1-6,9-13,15-18,20,30,34-35H,8,19,21H2. The molecule has 2 N–H and O–H groups in total. The van der Waals surface area contributed by atoms with Crippen molar-refractivity contribution in [2.45, 2.75) is 18.2 Å². The first-order valence-corrected chi connectivity index (χ1v) is 14.7. The molecule has 0 fully saturated rings. The number of sulfonamides is 1. The average Bonchev–Trinajstić information content (AvgIpc) is 2.91. The van der Waals surface area contributed by atoms with Gasteiger partial charge in [-0.15, -0.1) is 0 Å². The molecule has 0 spiro atoms. The van der Waals surface area contributed by atoms with E-state index < -0.39 is 10.0 Å². The minimum Gasteiger partial charge on any atom is -0.373 e. The highest BCUT2D eigenvalue weighted by Crippen LogP contribution is 2.30. The Balaban J connectivity index is 1.46. The van der Waals surface area contributed by atoms with Gasteiger partial charge in [0.25, 0.3) is 0 Å². The maximum atomic E-state index is 12.5. The van der Waals surface area contributed by atoms with Crippen molar-refractivity contribution in [2.24, 2.45) is 0 Å². The second kappa shape index (κ2) is 13.2. The van der Waals surface area contributed by atoms with Gasteiger partial charge in [-0.25, -0.2) is 13.1 Å². The van der Waals surface area contributed by atoms with E-state index in [1.807, 2.05) is 48.5 Å². The first-order chi connectivity index (χ1) is 18.3. The molecule has 0 atom stereocenters. The van der Waals surface area contributed by atoms with E-state index in [-0.39, 0.29) is 23.4 Å². The monoisotopic (exact) mass is 582 g/mol. The van der Waals surface area contributed by atoms with Gasteiger partial charge in [0, 0.05) is 23.6 Å². The van der Waals surface area contributed by atoms with Crippen molar-refractivity contribution in [3.63, 3.8) is 0 Å². The van der Waals surface area contributed by atoms with Crippen LogP contribution in [0.2, 0.25) is 15.1 Å². The van der Waals surface area contributed by atoms with Crippen LogP contribution in [0.5, 0.6) is 0 Å². The topological polar surface area (TPSA) is 58.2 Å². The summed E-state index contributed by atoms with van der Waals surface area (Å²) in [6.07, 6.45) is 0.315. The molecule has 0 saturated heterocycles. The van der Waals surface area contributed by atoms with E-state index in [1.165, 1.54) is 0 Å². The number of halogens is 3. The zero-order chi connectivity index (χ0) is 27.0. The first-order valence-electron chi connectivity index (χ1n) is 11.9. The lowest BCUT2D eigenvalue weighted by atomic mass is 9.98. The van der Waals surface area contributed by atoms with Crippen LogP contribution in [0.3, 0.4) is 0 Å². The summed E-state index contributed by atoms with van der Waals surface area (Å²) in [6.45, 7) is 0.160. The van der Waals surface area contributed by atoms with Crippen molar-refractivity contribution in [1.82, 2.24) is 4.72 Å². The summed E-state index contributed by atoms with van der Waals surface area (Å²) in [5.74, 6) is 5.94. The van der Waals surface area contributed by atoms with Gasteiger partial charge < -0.3 is 5.32 Å². The van der Waals surface area contributed by atoms with Crippen LogP contribution in [-0.2, 0) is 15.8 Å². The lowest BCUT2D eigenvalue weighted by Crippen LogP contribution is -2.26. The van der Waals surface area contributed by atoms with E-state index in [1.54, 1.807) is 24.3 Å². The molecule has 4 rings (SSSR count). The molecule has 4 nitrogen and oxygen atoms in total. The first kappa shape index (κ1) is 28.0. The van der Waals surface area contributed by atoms with E-state index in [0.717, 1.165) is 22.4 Å². The highest BCUT2D eigenvalue weighted by molar-refractivity contribution is 7.88. The molecule has 4 aromatic rings. The van der Waals surface area contributed by atoms with Crippen LogP contribution in [0.15, 0.2) is 97.1 Å². The Labute approximate surface area is 239 Å². The molecule has 0 aliphatic carbocycles. The fourth-order valence-corrected chi connectivity index (χ4v) is 5.70. The smallest absolute Gasteiger partial charge is 0.215 e. The molecule has 0 heterocycles. The lowest BCUT2D eigenvalue weighted by molar-refractivity contribution is 0.581. The van der Waals surface area contributed by atoms with Crippen LogP contribution in [-0.4, -0.2) is 15.0 Å². The third kappa shape index (κ3) is 7.77. The molecule has 0 saturated carbocycles. The Hall–Kier alpha value is -2.98. The van der Waals surface area contributed by atoms with Crippen LogP contribution in [0.4, 0.5) is 5.69 Å². The second-order valence-electron chi connectivity index (χ2n) is 8.51. The van der Waals surface area contributed by atoms with E-state index >= 15 is 0 Å². The van der Waals surface area contributed by atoms with Crippen LogP contribution in [0.1, 0.15) is 34.7 Å². The fraction of sp³-hybridized carbons (Fsp3) is 0.133. The van der Waals surface area contributed by atoms with Gasteiger partial charge in [-0.3, -0.25) is 0 Å². The summed E-state index contributed by atoms with van der Waals surface area (Å²) in [5, 5.41) is 4.74. The Morgan fingerprint density at radius 3 is 2.11 bits per heavy atom. The predicted octanol–water partition coefficient (Wildman–Crippen LogP) is 7.71. The van der Waals surface area contributed by atoms with E-state index in [2.05, 4.69) is 46.1 Å². The van der Waals surface area contributed by atoms with Crippen LogP contribution >= 0.6 is 34.8 Å². The van der Waals surface area contributed by atoms with Gasteiger partial charge >= 0.3 is 0 Å². The number of nitrogens with one attached hydrogen (secondary N) is 2. The van der Waals surface area contributed by atoms with Crippen molar-refractivity contribution in [1.29, 1.82) is 0 Å². The number of benzene rings is 4. The molecule has 4 aromatic carbocycles. The van der Waals surface area contributed by atoms with Crippen molar-refractivity contribution in [2.75, 3.05) is 11.9 Å². The fourth-order valence-electron chi connectivity index (χ4n) is 3.89. The molecule has 0 aliphatic heterocycles. The maximum absolute atomic E-state index is 12.5. The molecular weight excluding hydrogens is 559 g/mol. The number of anilines is 1. The Morgan fingerprint density at radius 1 is 0.789 bits per heavy atom. The minimum absolute atomic E-state index is 0.0933. The van der Waals surface area contributed by atoms with E-state index in [9.17, 15) is 8.42 Å². The molecule has 0 radical (unpaired) electrons. The predicted molar refractivity (Wildman–Crippen MR) is 158 cm³/mol. The average molecular weight is 584 g/mol. The molecule has 38 heavy (non-hydrogen) atoms. The Morgan fingerprint density at radius 2 is 1.45 bits per heavy atom. The molecule has 0 aromatic heterocycles. The van der Waals surface area contributed by atoms with Crippen LogP contribution in [0.25, 0.3) is 0 Å². The lowest BCUT2D eigenvalue weighted by Gasteiger charge is -2.22. The molecular formula is C30H25Cl3N2O2S. The highest BCUT2D eigenvalue weighted by atomic mass is 35.5. The molecule has 0 unspecified atom stereocenters. The van der Waals surface area contributed by atoms with Gasteiger partial charge in [-0.1, -0.05) is 119 Å². The van der Waals surface area contributed by atoms with Crippen LogP contribution in [0, 0.1) is 11.8 Å². The Kier molecular flexibility index (Phi) is 9.74. The third-order valence-corrected chi connectivity index (χ3v) is 8.15. The van der Waals surface area contributed by atoms with E-state index in [4.69, 9.17) is 34.8 Å². The number of rotatable bonds is 9. The van der Waals surface area contributed by atoms with Crippen LogP contribution < -0.4 is 10.0 Å². The number of hydrogen-bond donors (Lipinski definition) is 2. The Bertz CT molecular complexity index is 1510. The zero-order valence-corrected chi connectivity index (χ0v) is 23.4. The van der Waals surface area contributed by atoms with Crippen molar-refractivity contribution in [3.8, 4) is 11.8 Å². The largest absolute Gasteiger partial charge is 0.373 e. The summed E-state index contributed by atoms with van der Waals surface area (Å²) in [7, 11) is -3.61. The van der Waals surface area contributed by atoms with Crippen molar-refractivity contribution < 1.29 is 8.42 Å². The molecule has 8 heteroatoms. The molecule has 0 amide bonds. The van der Waals surface area contributed by atoms with Gasteiger partial charge in [0.2, 0.25) is 10.0 Å². The summed E-state index contributed by atoms with van der Waals surface area (Å²) in [5.41, 5.74) is 4.22. The van der Waals surface area contributed by atoms with Crippen molar-refractivity contribution >= 4 is 50.5 Å². The third-order valence-electron chi connectivity index (χ3n) is 5.72. The summed E-state index contributed by atoms with van der Waals surface area (Å²) in [4.78, 5) is 0. The zero-order valence-electron chi connectivity index (χ0n) is 20.3. The summed E-state index contributed by atoms with van der Waals surface area (Å²) in [6, 6.07) is 30.7. The highest BCUT2D eigenvalue weighted by Gasteiger charge is 2.16. The van der Waals surface area contributed by atoms with Gasteiger partial charge in [0.15, 0.2) is 0 Å². The van der Waals surface area contributed by atoms with Gasteiger partial charge in [0.1, 0.15) is 0 Å². The maximum Gasteiger partial charge on any atom is 0.215 e. The normalized spacial score (nSPS) is 11.2. The minimum atomic E-state index is -3.61.